The Kier molecular flexibility index (Phi) is 7.71. The van der Waals surface area contributed by atoms with Crippen molar-refractivity contribution in [3.05, 3.63) is 11.1 Å². The van der Waals surface area contributed by atoms with Gasteiger partial charge in [0, 0.05) is 0 Å². The van der Waals surface area contributed by atoms with Gasteiger partial charge in [-0.05, 0) is 0 Å². The smallest absolute Gasteiger partial charge is 0.378 e. The van der Waals surface area contributed by atoms with Gasteiger partial charge in [0.05, 0.1) is 17.6 Å². The van der Waals surface area contributed by atoms with Gasteiger partial charge < -0.3 is 10.2 Å². The quantitative estimate of drug-likeness (QED) is 0.326. The fourth-order valence-electron chi connectivity index (χ4n) is 1.94. The third-order valence-electron chi connectivity index (χ3n) is 3.56. The van der Waals surface area contributed by atoms with Gasteiger partial charge in [-0.15, -0.1) is 0 Å². The van der Waals surface area contributed by atoms with Crippen molar-refractivity contribution in [3.8, 4) is 0 Å². The van der Waals surface area contributed by atoms with E-state index in [2.05, 4.69) is 0 Å². The Hall–Kier alpha value is -2.30. The van der Waals surface area contributed by atoms with Crippen LogP contribution >= 0.6 is 0 Å². The molecule has 0 spiro atoms. The van der Waals surface area contributed by atoms with E-state index in [0.29, 0.717) is 0 Å². The first-order chi connectivity index (χ1) is 13.5. The molecular formula is C13H8F14O4. The third-order valence-corrected chi connectivity index (χ3v) is 3.56. The van der Waals surface area contributed by atoms with Crippen LogP contribution in [0.1, 0.15) is 6.42 Å². The van der Waals surface area contributed by atoms with E-state index in [0.717, 1.165) is 0 Å². The Morgan fingerprint density at radius 2 is 0.903 bits per heavy atom. The van der Waals surface area contributed by atoms with Gasteiger partial charge in [-0.1, -0.05) is 0 Å². The zero-order valence-electron chi connectivity index (χ0n) is 14.1. The van der Waals surface area contributed by atoms with Gasteiger partial charge in [0.15, 0.2) is 13.3 Å². The SMILES string of the molecule is O=C(O)CC(C(=O)O)=C(C(F)(F)C(F)(F)C(F)(F)CF)C(F)(F)C(F)(F)C(F)(F)CF. The van der Waals surface area contributed by atoms with E-state index in [1.807, 2.05) is 0 Å². The Bertz CT molecular complexity index is 700. The molecule has 0 aliphatic carbocycles. The molecule has 182 valence electrons. The monoisotopic (exact) mass is 494 g/mol. The summed E-state index contributed by atoms with van der Waals surface area (Å²) in [5.74, 6) is -49.7. The van der Waals surface area contributed by atoms with Gasteiger partial charge in [0.2, 0.25) is 0 Å². The highest BCUT2D eigenvalue weighted by Crippen LogP contribution is 2.59. The van der Waals surface area contributed by atoms with Crippen LogP contribution in [-0.4, -0.2) is 71.0 Å². The summed E-state index contributed by atoms with van der Waals surface area (Å²) in [4.78, 5) is 21.4. The molecule has 0 aromatic heterocycles. The fourth-order valence-corrected chi connectivity index (χ4v) is 1.94. The molecule has 0 aliphatic heterocycles. The fraction of sp³-hybridized carbons (Fsp3) is 0.692. The van der Waals surface area contributed by atoms with Gasteiger partial charge in [0.25, 0.3) is 0 Å². The Labute approximate surface area is 161 Å². The molecule has 0 saturated heterocycles. The molecule has 0 unspecified atom stereocenters. The largest absolute Gasteiger partial charge is 0.481 e. The molecule has 0 atom stereocenters. The number of aliphatic carboxylic acids is 2. The van der Waals surface area contributed by atoms with Crippen LogP contribution in [0.3, 0.4) is 0 Å². The lowest BCUT2D eigenvalue weighted by atomic mass is 9.84. The summed E-state index contributed by atoms with van der Waals surface area (Å²) in [7, 11) is 0. The zero-order valence-corrected chi connectivity index (χ0v) is 14.1. The minimum Gasteiger partial charge on any atom is -0.481 e. The maximum Gasteiger partial charge on any atom is 0.378 e. The van der Waals surface area contributed by atoms with Crippen LogP contribution in [0.2, 0.25) is 0 Å². The molecule has 0 heterocycles. The predicted molar refractivity (Wildman–Crippen MR) is 68.5 cm³/mol. The van der Waals surface area contributed by atoms with Crippen LogP contribution in [0.4, 0.5) is 61.5 Å². The molecule has 18 heteroatoms. The average molecular weight is 494 g/mol. The summed E-state index contributed by atoms with van der Waals surface area (Å²) >= 11 is 0. The minimum absolute atomic E-state index is 2.79. The van der Waals surface area contributed by atoms with Gasteiger partial charge in [-0.2, -0.15) is 52.7 Å². The molecule has 0 radical (unpaired) electrons. The second-order valence-corrected chi connectivity index (χ2v) is 5.70. The van der Waals surface area contributed by atoms with Gasteiger partial charge in [0.1, 0.15) is 0 Å². The minimum atomic E-state index is -7.58. The first-order valence-corrected chi connectivity index (χ1v) is 7.07. The topological polar surface area (TPSA) is 74.6 Å². The van der Waals surface area contributed by atoms with Crippen LogP contribution in [-0.2, 0) is 9.59 Å². The van der Waals surface area contributed by atoms with E-state index in [9.17, 15) is 71.1 Å². The van der Waals surface area contributed by atoms with E-state index < -0.39 is 78.4 Å². The lowest BCUT2D eigenvalue weighted by molar-refractivity contribution is -0.332. The molecule has 0 aromatic rings. The van der Waals surface area contributed by atoms with Crippen molar-refractivity contribution in [2.75, 3.05) is 13.3 Å². The number of hydrogen-bond donors (Lipinski definition) is 2. The molecule has 0 aliphatic rings. The predicted octanol–water partition coefficient (Wildman–Crippen LogP) is 4.59. The van der Waals surface area contributed by atoms with Crippen LogP contribution in [0.15, 0.2) is 11.1 Å². The maximum atomic E-state index is 14.1. The van der Waals surface area contributed by atoms with Gasteiger partial charge in [-0.25, -0.2) is 13.6 Å². The van der Waals surface area contributed by atoms with Crippen LogP contribution in [0, 0.1) is 0 Å². The number of carbonyl (C=O) groups is 2. The molecule has 4 nitrogen and oxygen atoms in total. The lowest BCUT2D eigenvalue weighted by Crippen LogP contribution is -2.64. The van der Waals surface area contributed by atoms with Gasteiger partial charge >= 0.3 is 47.5 Å². The highest BCUT2D eigenvalue weighted by Gasteiger charge is 2.82. The maximum absolute atomic E-state index is 14.1. The second-order valence-electron chi connectivity index (χ2n) is 5.70. The zero-order chi connectivity index (χ0) is 25.4. The molecule has 0 saturated carbocycles. The highest BCUT2D eigenvalue weighted by atomic mass is 19.4. The van der Waals surface area contributed by atoms with Crippen LogP contribution in [0.5, 0.6) is 0 Å². The lowest BCUT2D eigenvalue weighted by Gasteiger charge is -2.39. The summed E-state index contributed by atoms with van der Waals surface area (Å²) in [5, 5.41) is 16.9. The Morgan fingerprint density at radius 3 is 1.10 bits per heavy atom. The summed E-state index contributed by atoms with van der Waals surface area (Å²) in [5.41, 5.74) is -8.04. The van der Waals surface area contributed by atoms with Crippen molar-refractivity contribution in [1.82, 2.24) is 0 Å². The Morgan fingerprint density at radius 1 is 0.613 bits per heavy atom. The first-order valence-electron chi connectivity index (χ1n) is 7.07. The van der Waals surface area contributed by atoms with Crippen molar-refractivity contribution in [2.45, 2.75) is 42.0 Å². The van der Waals surface area contributed by atoms with Crippen LogP contribution in [0.25, 0.3) is 0 Å². The Balaban J connectivity index is 7.62. The average Bonchev–Trinajstić information content (AvgIpc) is 2.59. The summed E-state index contributed by atoms with van der Waals surface area (Å²) in [6, 6.07) is 0. The van der Waals surface area contributed by atoms with E-state index in [-0.39, 0.29) is 0 Å². The molecule has 0 fully saturated rings. The molecule has 0 rings (SSSR count). The summed E-state index contributed by atoms with van der Waals surface area (Å²) in [6.45, 7) is -7.54. The first kappa shape index (κ1) is 28.7. The molecular weight excluding hydrogens is 486 g/mol. The van der Waals surface area contributed by atoms with Crippen molar-refractivity contribution in [1.29, 1.82) is 0 Å². The number of allylic oxidation sites excluding steroid dienone is 1. The molecule has 2 N–H and O–H groups in total. The summed E-state index contributed by atoms with van der Waals surface area (Å²) in [6.07, 6.45) is -2.79. The molecule has 31 heavy (non-hydrogen) atoms. The number of rotatable bonds is 11. The van der Waals surface area contributed by atoms with Crippen molar-refractivity contribution in [2.24, 2.45) is 0 Å². The van der Waals surface area contributed by atoms with Crippen molar-refractivity contribution >= 4 is 11.9 Å². The standard InChI is InChI=1S/C13H8F14O4/c14-2-8(16,17)12(24,25)10(20,21)6(4(7(30)31)1-5(28)29)11(22,23)13(26,27)9(18,19)3-15/h1-3H2,(H,28,29)(H,30,31). The van der Waals surface area contributed by atoms with E-state index in [4.69, 9.17) is 10.2 Å². The van der Waals surface area contributed by atoms with Gasteiger partial charge in [-0.3, -0.25) is 4.79 Å². The van der Waals surface area contributed by atoms with Crippen molar-refractivity contribution in [3.63, 3.8) is 0 Å². The third kappa shape index (κ3) is 4.51. The number of halogens is 14. The summed E-state index contributed by atoms with van der Waals surface area (Å²) < 4.78 is 186. The molecule has 0 amide bonds. The highest BCUT2D eigenvalue weighted by molar-refractivity contribution is 5.93. The molecule has 0 aromatic carbocycles. The van der Waals surface area contributed by atoms with Crippen LogP contribution < -0.4 is 0 Å². The van der Waals surface area contributed by atoms with Crippen molar-refractivity contribution < 1.29 is 81.3 Å². The van der Waals surface area contributed by atoms with E-state index in [1.54, 1.807) is 0 Å². The number of alkyl halides is 14. The van der Waals surface area contributed by atoms with E-state index >= 15 is 0 Å². The normalized spacial score (nSPS) is 14.4. The second kappa shape index (κ2) is 8.33. The number of carboxylic acids is 2. The number of carboxylic acid groups (broad SMARTS) is 2. The number of hydrogen-bond acceptors (Lipinski definition) is 2. The molecule has 0 bridgehead atoms. The van der Waals surface area contributed by atoms with E-state index in [1.165, 1.54) is 0 Å².